The molecule has 0 aromatic heterocycles. The molecule has 0 radical (unpaired) electrons. The van der Waals surface area contributed by atoms with Crippen molar-refractivity contribution in [3.8, 4) is 11.1 Å². The Bertz CT molecular complexity index is 1360. The first kappa shape index (κ1) is 23.6. The largest absolute Gasteiger partial charge is 0.224 e. The van der Waals surface area contributed by atoms with Crippen LogP contribution in [-0.2, 0) is 26.4 Å². The maximum atomic E-state index is 15.0. The molecule has 1 saturated heterocycles. The van der Waals surface area contributed by atoms with Gasteiger partial charge in [0, 0.05) is 24.4 Å². The lowest BCUT2D eigenvalue weighted by Gasteiger charge is -2.37. The van der Waals surface area contributed by atoms with E-state index < -0.39 is 30.9 Å². The van der Waals surface area contributed by atoms with Crippen LogP contribution in [0.2, 0.25) is 0 Å². The smallest absolute Gasteiger partial charge is 0.221 e. The zero-order valence-electron chi connectivity index (χ0n) is 18.5. The fourth-order valence-electron chi connectivity index (χ4n) is 4.27. The number of benzene rings is 3. The van der Waals surface area contributed by atoms with Crippen LogP contribution in [0.1, 0.15) is 36.1 Å². The van der Waals surface area contributed by atoms with E-state index in [1.807, 2.05) is 37.3 Å². The summed E-state index contributed by atoms with van der Waals surface area (Å²) in [6.45, 7) is 1.82. The topological polar surface area (TPSA) is 71.5 Å². The van der Waals surface area contributed by atoms with Crippen LogP contribution in [0.3, 0.4) is 0 Å². The average Bonchev–Trinajstić information content (AvgIpc) is 2.77. The summed E-state index contributed by atoms with van der Waals surface area (Å²) in [5.41, 5.74) is 2.32. The van der Waals surface area contributed by atoms with Crippen LogP contribution in [0, 0.1) is 5.82 Å². The van der Waals surface area contributed by atoms with Crippen molar-refractivity contribution in [1.29, 1.82) is 0 Å². The highest BCUT2D eigenvalue weighted by atomic mass is 32.2. The molecule has 0 saturated carbocycles. The molecule has 0 aliphatic carbocycles. The standard InChI is InChI=1S/C25H26FNO4S2/c1-18-8-15-25(20-6-4-3-5-7-20)33(30,31)27(18)17-22-10-9-21(16-24(22)26)19-11-13-23(14-12-19)32(2,28)29/h3-7,9-14,16,18,25H,8,15,17H2,1-2H3/t18-,25?/m0/s1. The first-order valence-electron chi connectivity index (χ1n) is 10.7. The molecule has 0 amide bonds. The molecule has 1 heterocycles. The van der Waals surface area contributed by atoms with Crippen molar-refractivity contribution < 1.29 is 21.2 Å². The first-order valence-corrected chi connectivity index (χ1v) is 14.1. The summed E-state index contributed by atoms with van der Waals surface area (Å²) < 4.78 is 66.5. The van der Waals surface area contributed by atoms with Crippen LogP contribution in [-0.4, -0.2) is 33.4 Å². The van der Waals surface area contributed by atoms with Crippen LogP contribution >= 0.6 is 0 Å². The second-order valence-electron chi connectivity index (χ2n) is 8.52. The Morgan fingerprint density at radius 1 is 0.939 bits per heavy atom. The van der Waals surface area contributed by atoms with E-state index in [9.17, 15) is 16.8 Å². The van der Waals surface area contributed by atoms with Crippen LogP contribution in [0.15, 0.2) is 77.7 Å². The predicted octanol–water partition coefficient (Wildman–Crippen LogP) is 4.95. The number of rotatable bonds is 5. The van der Waals surface area contributed by atoms with Gasteiger partial charge in [-0.2, -0.15) is 4.31 Å². The number of sulfonamides is 1. The van der Waals surface area contributed by atoms with Gasteiger partial charge >= 0.3 is 0 Å². The van der Waals surface area contributed by atoms with E-state index in [1.54, 1.807) is 24.3 Å². The van der Waals surface area contributed by atoms with E-state index in [0.717, 1.165) is 11.8 Å². The van der Waals surface area contributed by atoms with Gasteiger partial charge in [-0.25, -0.2) is 21.2 Å². The van der Waals surface area contributed by atoms with E-state index in [0.29, 0.717) is 29.5 Å². The predicted molar refractivity (Wildman–Crippen MR) is 127 cm³/mol. The average molecular weight is 488 g/mol. The van der Waals surface area contributed by atoms with Gasteiger partial charge in [0.15, 0.2) is 9.84 Å². The second-order valence-corrected chi connectivity index (χ2v) is 12.6. The molecule has 33 heavy (non-hydrogen) atoms. The fourth-order valence-corrected chi connectivity index (χ4v) is 7.09. The molecule has 2 atom stereocenters. The summed E-state index contributed by atoms with van der Waals surface area (Å²) >= 11 is 0. The number of hydrogen-bond donors (Lipinski definition) is 0. The number of halogens is 1. The lowest BCUT2D eigenvalue weighted by atomic mass is 10.0. The molecular weight excluding hydrogens is 461 g/mol. The lowest BCUT2D eigenvalue weighted by Crippen LogP contribution is -2.44. The van der Waals surface area contributed by atoms with Crippen molar-refractivity contribution in [1.82, 2.24) is 4.31 Å². The number of hydrogen-bond acceptors (Lipinski definition) is 4. The fraction of sp³-hybridized carbons (Fsp3) is 0.280. The summed E-state index contributed by atoms with van der Waals surface area (Å²) in [6.07, 6.45) is 2.37. The summed E-state index contributed by atoms with van der Waals surface area (Å²) in [4.78, 5) is 0.195. The van der Waals surface area contributed by atoms with Crippen molar-refractivity contribution >= 4 is 19.9 Å². The second kappa shape index (κ2) is 9.00. The Kier molecular flexibility index (Phi) is 6.44. The quantitative estimate of drug-likeness (QED) is 0.510. The van der Waals surface area contributed by atoms with Gasteiger partial charge < -0.3 is 0 Å². The van der Waals surface area contributed by atoms with Gasteiger partial charge in [0.1, 0.15) is 11.1 Å². The van der Waals surface area contributed by atoms with Gasteiger partial charge in [-0.15, -0.1) is 0 Å². The van der Waals surface area contributed by atoms with Crippen molar-refractivity contribution in [3.63, 3.8) is 0 Å². The molecule has 1 unspecified atom stereocenters. The Balaban J connectivity index is 1.60. The minimum Gasteiger partial charge on any atom is -0.224 e. The molecule has 5 nitrogen and oxygen atoms in total. The molecule has 3 aromatic carbocycles. The van der Waals surface area contributed by atoms with E-state index >= 15 is 4.39 Å². The van der Waals surface area contributed by atoms with Gasteiger partial charge in [-0.1, -0.05) is 54.6 Å². The maximum absolute atomic E-state index is 15.0. The summed E-state index contributed by atoms with van der Waals surface area (Å²) in [5.74, 6) is -0.496. The molecule has 0 N–H and O–H groups in total. The Hall–Kier alpha value is -2.55. The molecule has 0 spiro atoms. The van der Waals surface area contributed by atoms with Crippen molar-refractivity contribution in [3.05, 3.63) is 89.7 Å². The van der Waals surface area contributed by atoms with Crippen molar-refractivity contribution in [2.45, 2.75) is 42.5 Å². The molecule has 1 aliphatic heterocycles. The zero-order valence-corrected chi connectivity index (χ0v) is 20.1. The maximum Gasteiger partial charge on any atom is 0.221 e. The summed E-state index contributed by atoms with van der Waals surface area (Å²) in [7, 11) is -6.96. The van der Waals surface area contributed by atoms with Gasteiger partial charge in [0.25, 0.3) is 0 Å². The highest BCUT2D eigenvalue weighted by Crippen LogP contribution is 2.38. The van der Waals surface area contributed by atoms with Crippen LogP contribution in [0.25, 0.3) is 11.1 Å². The summed E-state index contributed by atoms with van der Waals surface area (Å²) in [5, 5.41) is -0.634. The normalized spacial score (nSPS) is 21.1. The van der Waals surface area contributed by atoms with Gasteiger partial charge in [-0.3, -0.25) is 0 Å². The first-order chi connectivity index (χ1) is 15.6. The SMILES string of the molecule is C[C@H]1CCC(c2ccccc2)S(=O)(=O)N1Cc1ccc(-c2ccc(S(C)(=O)=O)cc2)cc1F. The molecule has 4 rings (SSSR count). The third-order valence-electron chi connectivity index (χ3n) is 6.19. The van der Waals surface area contributed by atoms with E-state index in [-0.39, 0.29) is 17.5 Å². The van der Waals surface area contributed by atoms with Crippen LogP contribution < -0.4 is 0 Å². The lowest BCUT2D eigenvalue weighted by molar-refractivity contribution is 0.279. The molecule has 1 fully saturated rings. The van der Waals surface area contributed by atoms with Crippen molar-refractivity contribution in [2.24, 2.45) is 0 Å². The molecule has 0 bridgehead atoms. The molecule has 3 aromatic rings. The van der Waals surface area contributed by atoms with E-state index in [2.05, 4.69) is 0 Å². The number of nitrogens with zero attached hydrogens (tertiary/aromatic N) is 1. The van der Waals surface area contributed by atoms with E-state index in [1.165, 1.54) is 22.5 Å². The van der Waals surface area contributed by atoms with Gasteiger partial charge in [-0.05, 0) is 54.7 Å². The monoisotopic (exact) mass is 487 g/mol. The summed E-state index contributed by atoms with van der Waals surface area (Å²) in [6, 6.07) is 19.9. The molecule has 174 valence electrons. The van der Waals surface area contributed by atoms with Crippen molar-refractivity contribution in [2.75, 3.05) is 6.26 Å². The van der Waals surface area contributed by atoms with Gasteiger partial charge in [0.2, 0.25) is 10.0 Å². The molecule has 8 heteroatoms. The molecular formula is C25H26FNO4S2. The minimum atomic E-state index is -3.65. The Morgan fingerprint density at radius 2 is 1.58 bits per heavy atom. The highest BCUT2D eigenvalue weighted by Gasteiger charge is 2.40. The molecule has 1 aliphatic rings. The van der Waals surface area contributed by atoms with Crippen LogP contribution in [0.4, 0.5) is 4.39 Å². The Morgan fingerprint density at radius 3 is 2.18 bits per heavy atom. The zero-order chi connectivity index (χ0) is 23.8. The highest BCUT2D eigenvalue weighted by molar-refractivity contribution is 7.90. The minimum absolute atomic E-state index is 0.0358. The van der Waals surface area contributed by atoms with Crippen LogP contribution in [0.5, 0.6) is 0 Å². The Labute approximate surface area is 194 Å². The van der Waals surface area contributed by atoms with E-state index in [4.69, 9.17) is 0 Å². The van der Waals surface area contributed by atoms with Gasteiger partial charge in [0.05, 0.1) is 4.90 Å². The third kappa shape index (κ3) is 4.88. The number of sulfone groups is 1. The third-order valence-corrected chi connectivity index (χ3v) is 9.69.